The van der Waals surface area contributed by atoms with Crippen LogP contribution in [0.1, 0.15) is 52.9 Å². The van der Waals surface area contributed by atoms with Gasteiger partial charge in [0.1, 0.15) is 0 Å². The maximum absolute atomic E-state index is 11.9. The van der Waals surface area contributed by atoms with Gasteiger partial charge in [0.05, 0.1) is 18.8 Å². The molecule has 0 spiro atoms. The second-order valence-electron chi connectivity index (χ2n) is 5.63. The molecule has 1 aliphatic carbocycles. The SMILES string of the molecule is CCOC(=O)C(N=NCCC(C)C)C1(O)CCCC1. The highest BCUT2D eigenvalue weighted by molar-refractivity contribution is 5.77. The fraction of sp³-hybridized carbons (Fsp3) is 0.929. The summed E-state index contributed by atoms with van der Waals surface area (Å²) in [5.41, 5.74) is -1.06. The largest absolute Gasteiger partial charge is 0.464 e. The van der Waals surface area contributed by atoms with E-state index >= 15 is 0 Å². The van der Waals surface area contributed by atoms with Crippen molar-refractivity contribution in [2.24, 2.45) is 16.1 Å². The Morgan fingerprint density at radius 1 is 1.37 bits per heavy atom. The van der Waals surface area contributed by atoms with Gasteiger partial charge < -0.3 is 9.84 Å². The van der Waals surface area contributed by atoms with Crippen LogP contribution in [0, 0.1) is 5.92 Å². The summed E-state index contributed by atoms with van der Waals surface area (Å²) in [4.78, 5) is 11.9. The van der Waals surface area contributed by atoms with E-state index < -0.39 is 17.6 Å². The quantitative estimate of drug-likeness (QED) is 0.571. The number of carbonyl (C=O) groups excluding carboxylic acids is 1. The number of rotatable bonds is 7. The maximum Gasteiger partial charge on any atom is 0.335 e. The Morgan fingerprint density at radius 3 is 2.53 bits per heavy atom. The third-order valence-electron chi connectivity index (χ3n) is 3.49. The van der Waals surface area contributed by atoms with Crippen molar-refractivity contribution in [2.45, 2.75) is 64.5 Å². The first-order valence-electron chi connectivity index (χ1n) is 7.25. The van der Waals surface area contributed by atoms with E-state index in [4.69, 9.17) is 4.74 Å². The van der Waals surface area contributed by atoms with Crippen LogP contribution in [-0.2, 0) is 9.53 Å². The van der Waals surface area contributed by atoms with Gasteiger partial charge in [0.2, 0.25) is 0 Å². The number of esters is 1. The van der Waals surface area contributed by atoms with Crippen molar-refractivity contribution in [2.75, 3.05) is 13.2 Å². The molecule has 1 unspecified atom stereocenters. The first kappa shape index (κ1) is 16.1. The monoisotopic (exact) mass is 270 g/mol. The van der Waals surface area contributed by atoms with Crippen molar-refractivity contribution in [1.82, 2.24) is 0 Å². The number of aliphatic hydroxyl groups is 1. The molecule has 1 fully saturated rings. The fourth-order valence-electron chi connectivity index (χ4n) is 2.31. The van der Waals surface area contributed by atoms with Crippen LogP contribution in [0.4, 0.5) is 0 Å². The lowest BCUT2D eigenvalue weighted by molar-refractivity contribution is -0.151. The number of ether oxygens (including phenoxy) is 1. The Bertz CT molecular complexity index is 310. The fourth-order valence-corrected chi connectivity index (χ4v) is 2.31. The summed E-state index contributed by atoms with van der Waals surface area (Å²) in [5, 5.41) is 18.6. The van der Waals surface area contributed by atoms with Gasteiger partial charge in [-0.1, -0.05) is 26.7 Å². The molecule has 0 saturated heterocycles. The minimum Gasteiger partial charge on any atom is -0.464 e. The zero-order chi connectivity index (χ0) is 14.3. The van der Waals surface area contributed by atoms with Crippen molar-refractivity contribution in [3.05, 3.63) is 0 Å². The molecular weight excluding hydrogens is 244 g/mol. The average Bonchev–Trinajstić information content (AvgIpc) is 2.76. The number of azo groups is 1. The summed E-state index contributed by atoms with van der Waals surface area (Å²) >= 11 is 0. The topological polar surface area (TPSA) is 71.2 Å². The minimum absolute atomic E-state index is 0.299. The lowest BCUT2D eigenvalue weighted by Gasteiger charge is -2.26. The van der Waals surface area contributed by atoms with Gasteiger partial charge in [0.15, 0.2) is 6.04 Å². The summed E-state index contributed by atoms with van der Waals surface area (Å²) < 4.78 is 5.01. The van der Waals surface area contributed by atoms with E-state index in [1.807, 2.05) is 0 Å². The summed E-state index contributed by atoms with van der Waals surface area (Å²) in [6.07, 6.45) is 3.97. The predicted molar refractivity (Wildman–Crippen MR) is 73.0 cm³/mol. The molecule has 0 heterocycles. The molecule has 0 aromatic heterocycles. The van der Waals surface area contributed by atoms with Crippen LogP contribution in [0.3, 0.4) is 0 Å². The Hall–Kier alpha value is -0.970. The van der Waals surface area contributed by atoms with E-state index in [0.717, 1.165) is 19.3 Å². The molecular formula is C14H26N2O3. The summed E-state index contributed by atoms with van der Waals surface area (Å²) in [7, 11) is 0. The highest BCUT2D eigenvalue weighted by Crippen LogP contribution is 2.34. The molecule has 0 amide bonds. The number of hydrogen-bond acceptors (Lipinski definition) is 5. The van der Waals surface area contributed by atoms with Crippen LogP contribution in [0.15, 0.2) is 10.2 Å². The molecule has 0 aliphatic heterocycles. The van der Waals surface area contributed by atoms with Gasteiger partial charge in [-0.2, -0.15) is 10.2 Å². The first-order chi connectivity index (χ1) is 8.99. The van der Waals surface area contributed by atoms with Crippen LogP contribution in [0.5, 0.6) is 0 Å². The molecule has 1 N–H and O–H groups in total. The lowest BCUT2D eigenvalue weighted by Crippen LogP contribution is -2.44. The minimum atomic E-state index is -1.06. The van der Waals surface area contributed by atoms with E-state index in [2.05, 4.69) is 24.1 Å². The highest BCUT2D eigenvalue weighted by atomic mass is 16.5. The van der Waals surface area contributed by atoms with E-state index in [-0.39, 0.29) is 0 Å². The molecule has 1 atom stereocenters. The average molecular weight is 270 g/mol. The van der Waals surface area contributed by atoms with Gasteiger partial charge in [-0.05, 0) is 32.1 Å². The van der Waals surface area contributed by atoms with Crippen molar-refractivity contribution in [3.8, 4) is 0 Å². The van der Waals surface area contributed by atoms with Gasteiger partial charge in [-0.15, -0.1) is 0 Å². The normalized spacial score (nSPS) is 20.1. The predicted octanol–water partition coefficient (Wildman–Crippen LogP) is 2.72. The van der Waals surface area contributed by atoms with Gasteiger partial charge in [-0.3, -0.25) is 0 Å². The first-order valence-corrected chi connectivity index (χ1v) is 7.25. The Morgan fingerprint density at radius 2 is 2.00 bits per heavy atom. The number of carbonyl (C=O) groups is 1. The molecule has 110 valence electrons. The van der Waals surface area contributed by atoms with Gasteiger partial charge in [0.25, 0.3) is 0 Å². The zero-order valence-corrected chi connectivity index (χ0v) is 12.3. The standard InChI is InChI=1S/C14H26N2O3/c1-4-19-13(17)12(14(18)8-5-6-9-14)16-15-10-7-11(2)3/h11-12,18H,4-10H2,1-3H3. The van der Waals surface area contributed by atoms with Crippen LogP contribution >= 0.6 is 0 Å². The van der Waals surface area contributed by atoms with Gasteiger partial charge >= 0.3 is 5.97 Å². The van der Waals surface area contributed by atoms with Crippen LogP contribution in [-0.4, -0.2) is 35.9 Å². The molecule has 19 heavy (non-hydrogen) atoms. The van der Waals surface area contributed by atoms with Crippen molar-refractivity contribution < 1.29 is 14.6 Å². The molecule has 0 aromatic rings. The van der Waals surface area contributed by atoms with Crippen LogP contribution in [0.25, 0.3) is 0 Å². The third kappa shape index (κ3) is 4.90. The highest BCUT2D eigenvalue weighted by Gasteiger charge is 2.45. The molecule has 0 bridgehead atoms. The molecule has 0 aromatic carbocycles. The summed E-state index contributed by atoms with van der Waals surface area (Å²) in [6.45, 7) is 6.87. The second-order valence-corrected chi connectivity index (χ2v) is 5.63. The van der Waals surface area contributed by atoms with E-state index in [9.17, 15) is 9.90 Å². The van der Waals surface area contributed by atoms with Gasteiger partial charge in [0, 0.05) is 0 Å². The Kier molecular flexibility index (Phi) is 6.42. The number of nitrogens with zero attached hydrogens (tertiary/aromatic N) is 2. The van der Waals surface area contributed by atoms with Gasteiger partial charge in [-0.25, -0.2) is 4.79 Å². The number of hydrogen-bond donors (Lipinski definition) is 1. The van der Waals surface area contributed by atoms with E-state index in [1.54, 1.807) is 6.92 Å². The van der Waals surface area contributed by atoms with Crippen molar-refractivity contribution in [1.29, 1.82) is 0 Å². The Balaban J connectivity index is 2.66. The smallest absolute Gasteiger partial charge is 0.335 e. The Labute approximate surface area is 115 Å². The summed E-state index contributed by atoms with van der Waals surface area (Å²) in [5.74, 6) is 0.0924. The molecule has 0 radical (unpaired) electrons. The van der Waals surface area contributed by atoms with Crippen LogP contribution in [0.2, 0.25) is 0 Å². The van der Waals surface area contributed by atoms with Crippen LogP contribution < -0.4 is 0 Å². The maximum atomic E-state index is 11.9. The second kappa shape index (κ2) is 7.58. The van der Waals surface area contributed by atoms with E-state index in [1.165, 1.54) is 0 Å². The summed E-state index contributed by atoms with van der Waals surface area (Å²) in [6, 6.07) is -0.859. The zero-order valence-electron chi connectivity index (χ0n) is 12.3. The lowest BCUT2D eigenvalue weighted by atomic mass is 9.93. The molecule has 1 rings (SSSR count). The van der Waals surface area contributed by atoms with E-state index in [0.29, 0.717) is 31.9 Å². The van der Waals surface area contributed by atoms with Crippen molar-refractivity contribution in [3.63, 3.8) is 0 Å². The molecule has 5 heteroatoms. The third-order valence-corrected chi connectivity index (χ3v) is 3.49. The molecule has 5 nitrogen and oxygen atoms in total. The van der Waals surface area contributed by atoms with Crippen molar-refractivity contribution >= 4 is 5.97 Å². The molecule has 1 aliphatic rings. The molecule has 1 saturated carbocycles.